The van der Waals surface area contributed by atoms with Gasteiger partial charge in [0.1, 0.15) is 0 Å². The third kappa shape index (κ3) is 2.01. The van der Waals surface area contributed by atoms with Crippen LogP contribution in [0.15, 0.2) is 51.5 Å². The van der Waals surface area contributed by atoms with Gasteiger partial charge in [0.05, 0.1) is 4.90 Å². The number of sulfonamides is 1. The summed E-state index contributed by atoms with van der Waals surface area (Å²) in [6.45, 7) is 6.27. The molecular formula is C19H21NO3S. The van der Waals surface area contributed by atoms with E-state index in [1.165, 1.54) is 9.88 Å². The highest BCUT2D eigenvalue weighted by molar-refractivity contribution is 7.89. The molecule has 0 unspecified atom stereocenters. The summed E-state index contributed by atoms with van der Waals surface area (Å²) >= 11 is 0. The quantitative estimate of drug-likeness (QED) is 0.848. The summed E-state index contributed by atoms with van der Waals surface area (Å²) in [5.41, 5.74) is 5.20. The number of nitrogens with zero attached hydrogens (tertiary/aromatic N) is 1. The van der Waals surface area contributed by atoms with Crippen molar-refractivity contribution in [3.8, 4) is 0 Å². The Morgan fingerprint density at radius 2 is 1.71 bits per heavy atom. The van der Waals surface area contributed by atoms with Gasteiger partial charge in [-0.2, -0.15) is 4.31 Å². The second kappa shape index (κ2) is 4.90. The van der Waals surface area contributed by atoms with Gasteiger partial charge in [-0.05, 0) is 56.9 Å². The van der Waals surface area contributed by atoms with Crippen molar-refractivity contribution >= 4 is 15.8 Å². The largest absolute Gasteiger partial charge is 0.295 e. The molecule has 2 aliphatic carbocycles. The zero-order valence-corrected chi connectivity index (χ0v) is 15.0. The molecule has 0 aromatic heterocycles. The molecule has 1 saturated carbocycles. The lowest BCUT2D eigenvalue weighted by atomic mass is 9.65. The Hall–Kier alpha value is -1.72. The van der Waals surface area contributed by atoms with Crippen molar-refractivity contribution < 1.29 is 13.2 Å². The zero-order valence-electron chi connectivity index (χ0n) is 14.2. The molecule has 0 atom stereocenters. The topological polar surface area (TPSA) is 54.5 Å². The van der Waals surface area contributed by atoms with Crippen molar-refractivity contribution in [2.45, 2.75) is 38.5 Å². The van der Waals surface area contributed by atoms with Gasteiger partial charge in [-0.25, -0.2) is 8.42 Å². The highest BCUT2D eigenvalue weighted by Crippen LogP contribution is 2.69. The first-order chi connectivity index (χ1) is 11.3. The van der Waals surface area contributed by atoms with Crippen LogP contribution in [0.2, 0.25) is 0 Å². The molecule has 0 N–H and O–H groups in total. The number of carbonyl (C=O) groups is 1. The van der Waals surface area contributed by atoms with E-state index in [1.807, 2.05) is 26.0 Å². The summed E-state index contributed by atoms with van der Waals surface area (Å²) in [4.78, 5) is 12.4. The van der Waals surface area contributed by atoms with Gasteiger partial charge in [-0.15, -0.1) is 0 Å². The summed E-state index contributed by atoms with van der Waals surface area (Å²) in [7, 11) is -3.55. The molecule has 126 valence electrons. The van der Waals surface area contributed by atoms with Crippen LogP contribution in [0.3, 0.4) is 0 Å². The van der Waals surface area contributed by atoms with Gasteiger partial charge in [0.25, 0.3) is 0 Å². The van der Waals surface area contributed by atoms with Gasteiger partial charge >= 0.3 is 0 Å². The predicted molar refractivity (Wildman–Crippen MR) is 92.0 cm³/mol. The van der Waals surface area contributed by atoms with E-state index >= 15 is 0 Å². The van der Waals surface area contributed by atoms with E-state index < -0.39 is 10.0 Å². The van der Waals surface area contributed by atoms with Crippen LogP contribution in [0.25, 0.3) is 0 Å². The number of aryl methyl sites for hydroxylation is 1. The van der Waals surface area contributed by atoms with E-state index in [0.29, 0.717) is 18.0 Å². The Balaban J connectivity index is 1.74. The van der Waals surface area contributed by atoms with Gasteiger partial charge < -0.3 is 0 Å². The number of hydrogen-bond acceptors (Lipinski definition) is 3. The van der Waals surface area contributed by atoms with Gasteiger partial charge in [0.2, 0.25) is 10.0 Å². The molecule has 0 bridgehead atoms. The normalized spacial score (nSPS) is 22.5. The third-order valence-corrected chi connectivity index (χ3v) is 7.30. The molecule has 1 heterocycles. The smallest absolute Gasteiger partial charge is 0.243 e. The number of carbonyl (C=O) groups excluding carboxylic acids is 1. The maximum Gasteiger partial charge on any atom is 0.243 e. The van der Waals surface area contributed by atoms with Crippen LogP contribution in [0.4, 0.5) is 0 Å². The summed E-state index contributed by atoms with van der Waals surface area (Å²) in [6, 6.07) is 6.94. The van der Waals surface area contributed by atoms with E-state index in [-0.39, 0.29) is 11.2 Å². The Bertz CT molecular complexity index is 916. The van der Waals surface area contributed by atoms with Crippen LogP contribution in [0.1, 0.15) is 32.3 Å². The predicted octanol–water partition coefficient (Wildman–Crippen LogP) is 3.00. The van der Waals surface area contributed by atoms with Gasteiger partial charge in [0.15, 0.2) is 5.78 Å². The van der Waals surface area contributed by atoms with Crippen LogP contribution >= 0.6 is 0 Å². The maximum absolute atomic E-state index is 13.0. The third-order valence-electron chi connectivity index (χ3n) is 5.50. The summed E-state index contributed by atoms with van der Waals surface area (Å²) in [5.74, 6) is 0.0913. The lowest BCUT2D eigenvalue weighted by molar-refractivity contribution is -0.114. The average molecular weight is 343 g/mol. The van der Waals surface area contributed by atoms with Crippen LogP contribution in [-0.4, -0.2) is 31.6 Å². The molecule has 1 aliphatic heterocycles. The number of hydrogen-bond donors (Lipinski definition) is 0. The Morgan fingerprint density at radius 1 is 1.08 bits per heavy atom. The SMILES string of the molecule is CC(=O)C1=C2CN(S(=O)(=O)c3ccc(C)cc3)CC(C)=C2C12CC2. The lowest BCUT2D eigenvalue weighted by Crippen LogP contribution is -2.44. The fraction of sp³-hybridized carbons (Fsp3) is 0.421. The molecule has 1 aromatic rings. The summed E-state index contributed by atoms with van der Waals surface area (Å²) in [6.07, 6.45) is 2.06. The van der Waals surface area contributed by atoms with Crippen LogP contribution < -0.4 is 0 Å². The second-order valence-electron chi connectivity index (χ2n) is 7.23. The molecule has 3 aliphatic rings. The fourth-order valence-electron chi connectivity index (χ4n) is 4.37. The number of allylic oxidation sites excluding steroid dienone is 1. The molecule has 1 spiro atoms. The van der Waals surface area contributed by atoms with Crippen molar-refractivity contribution in [1.29, 1.82) is 0 Å². The molecule has 1 aromatic carbocycles. The summed E-state index contributed by atoms with van der Waals surface area (Å²) < 4.78 is 27.4. The van der Waals surface area contributed by atoms with Crippen molar-refractivity contribution in [2.75, 3.05) is 13.1 Å². The molecule has 5 heteroatoms. The van der Waals surface area contributed by atoms with Gasteiger partial charge in [-0.1, -0.05) is 23.3 Å². The highest BCUT2D eigenvalue weighted by atomic mass is 32.2. The van der Waals surface area contributed by atoms with Gasteiger partial charge in [0, 0.05) is 24.1 Å². The monoisotopic (exact) mass is 343 g/mol. The number of benzene rings is 1. The van der Waals surface area contributed by atoms with Gasteiger partial charge in [-0.3, -0.25) is 4.79 Å². The molecule has 0 saturated heterocycles. The number of ketones is 1. The Kier molecular flexibility index (Phi) is 3.22. The van der Waals surface area contributed by atoms with Crippen LogP contribution in [-0.2, 0) is 14.8 Å². The first kappa shape index (κ1) is 15.8. The molecule has 1 fully saturated rings. The Labute approximate surface area is 142 Å². The second-order valence-corrected chi connectivity index (χ2v) is 9.17. The Morgan fingerprint density at radius 3 is 2.25 bits per heavy atom. The van der Waals surface area contributed by atoms with E-state index in [0.717, 1.165) is 35.1 Å². The fourth-order valence-corrected chi connectivity index (χ4v) is 5.81. The molecule has 4 rings (SSSR count). The van der Waals surface area contributed by atoms with E-state index in [9.17, 15) is 13.2 Å². The molecule has 0 radical (unpaired) electrons. The maximum atomic E-state index is 13.0. The average Bonchev–Trinajstić information content (AvgIpc) is 3.28. The lowest BCUT2D eigenvalue weighted by Gasteiger charge is -2.44. The van der Waals surface area contributed by atoms with Crippen molar-refractivity contribution in [3.05, 3.63) is 52.1 Å². The minimum absolute atomic E-state index is 0.0229. The molecule has 0 amide bonds. The van der Waals surface area contributed by atoms with Crippen LogP contribution in [0, 0.1) is 12.3 Å². The van der Waals surface area contributed by atoms with Crippen LogP contribution in [0.5, 0.6) is 0 Å². The summed E-state index contributed by atoms with van der Waals surface area (Å²) in [5, 5.41) is 0. The number of rotatable bonds is 3. The zero-order chi connectivity index (χ0) is 17.3. The molecule has 4 nitrogen and oxygen atoms in total. The van der Waals surface area contributed by atoms with Crippen molar-refractivity contribution in [2.24, 2.45) is 5.41 Å². The first-order valence-electron chi connectivity index (χ1n) is 8.29. The molecular weight excluding hydrogens is 322 g/mol. The minimum Gasteiger partial charge on any atom is -0.295 e. The molecule has 24 heavy (non-hydrogen) atoms. The minimum atomic E-state index is -3.55. The number of fused-ring (bicyclic) bond motifs is 2. The van der Waals surface area contributed by atoms with Crippen molar-refractivity contribution in [1.82, 2.24) is 4.31 Å². The van der Waals surface area contributed by atoms with E-state index in [4.69, 9.17) is 0 Å². The van der Waals surface area contributed by atoms with Crippen molar-refractivity contribution in [3.63, 3.8) is 0 Å². The number of Topliss-reactive ketones (excluding diaryl/α,β-unsaturated/α-hetero) is 1. The highest BCUT2D eigenvalue weighted by Gasteiger charge is 2.61. The standard InChI is InChI=1S/C19H21NO3S/c1-12-4-6-15(7-5-12)24(22,23)20-10-13(2)17-16(11-20)18(14(3)21)19(17)8-9-19/h4-7H,8-11H2,1-3H3. The first-order valence-corrected chi connectivity index (χ1v) is 9.73. The van der Waals surface area contributed by atoms with E-state index in [1.54, 1.807) is 19.1 Å². The van der Waals surface area contributed by atoms with E-state index in [2.05, 4.69) is 0 Å².